The van der Waals surface area contributed by atoms with Crippen molar-refractivity contribution in [1.82, 2.24) is 4.98 Å². The van der Waals surface area contributed by atoms with Crippen LogP contribution < -0.4 is 9.77 Å². The molecule has 2 saturated carbocycles. The van der Waals surface area contributed by atoms with Gasteiger partial charge in [-0.1, -0.05) is 46.7 Å². The van der Waals surface area contributed by atoms with E-state index in [9.17, 15) is 14.4 Å². The van der Waals surface area contributed by atoms with Crippen molar-refractivity contribution >= 4 is 63.8 Å². The molecule has 2 amide bonds. The predicted molar refractivity (Wildman–Crippen MR) is 134 cm³/mol. The average Bonchev–Trinajstić information content (AvgIpc) is 3.54. The summed E-state index contributed by atoms with van der Waals surface area (Å²) in [6.07, 6.45) is 0.868. The van der Waals surface area contributed by atoms with Gasteiger partial charge in [-0.2, -0.15) is 0 Å². The van der Waals surface area contributed by atoms with Crippen molar-refractivity contribution in [2.45, 2.75) is 22.6 Å². The van der Waals surface area contributed by atoms with E-state index in [1.165, 1.54) is 16.2 Å². The number of halogens is 2. The van der Waals surface area contributed by atoms with E-state index in [1.54, 1.807) is 36.0 Å². The van der Waals surface area contributed by atoms with Crippen LogP contribution in [0.1, 0.15) is 22.8 Å². The van der Waals surface area contributed by atoms with Crippen LogP contribution in [0.25, 0.3) is 0 Å². The normalized spacial score (nSPS) is 33.2. The van der Waals surface area contributed by atoms with Gasteiger partial charge in [-0.15, -0.1) is 11.8 Å². The van der Waals surface area contributed by atoms with Crippen molar-refractivity contribution in [2.24, 2.45) is 29.6 Å². The van der Waals surface area contributed by atoms with Gasteiger partial charge < -0.3 is 4.98 Å². The molecule has 0 unspecified atom stereocenters. The minimum Gasteiger partial charge on any atom is -0.307 e. The first-order chi connectivity index (χ1) is 16.4. The Morgan fingerprint density at radius 1 is 0.853 bits per heavy atom. The van der Waals surface area contributed by atoms with Gasteiger partial charge in [0.25, 0.3) is 0 Å². The summed E-state index contributed by atoms with van der Waals surface area (Å²) >= 11 is 15.2. The summed E-state index contributed by atoms with van der Waals surface area (Å²) in [6.45, 7) is 0. The summed E-state index contributed by atoms with van der Waals surface area (Å²) in [5.74, 6) is -0.448. The van der Waals surface area contributed by atoms with E-state index in [0.717, 1.165) is 21.9 Å². The number of nitrogens with one attached hydrogen (secondary N) is 1. The van der Waals surface area contributed by atoms with Gasteiger partial charge in [0.15, 0.2) is 0 Å². The number of carbonyl (C=O) groups is 2. The Morgan fingerprint density at radius 2 is 1.47 bits per heavy atom. The van der Waals surface area contributed by atoms with Crippen molar-refractivity contribution in [3.63, 3.8) is 0 Å². The first-order valence-corrected chi connectivity index (χ1v) is 13.7. The Bertz CT molecular complexity index is 1400. The lowest BCUT2D eigenvalue weighted by atomic mass is 9.68. The van der Waals surface area contributed by atoms with Crippen LogP contribution in [0.3, 0.4) is 0 Å². The predicted octanol–water partition coefficient (Wildman–Crippen LogP) is 5.42. The molecule has 7 atom stereocenters. The molecule has 172 valence electrons. The van der Waals surface area contributed by atoms with E-state index in [4.69, 9.17) is 23.2 Å². The maximum atomic E-state index is 13.7. The highest BCUT2D eigenvalue weighted by Gasteiger charge is 2.69. The molecular weight excluding hydrogens is 511 g/mol. The van der Waals surface area contributed by atoms with E-state index >= 15 is 0 Å². The second-order valence-electron chi connectivity index (χ2n) is 9.50. The number of thiazole rings is 1. The quantitative estimate of drug-likeness (QED) is 0.450. The van der Waals surface area contributed by atoms with Crippen LogP contribution in [-0.4, -0.2) is 22.0 Å². The number of anilines is 1. The Labute approximate surface area is 213 Å². The number of carbonyl (C=O) groups excluding carboxylic acids is 2. The molecule has 5 nitrogen and oxygen atoms in total. The molecule has 7 rings (SSSR count). The number of rotatable bonds is 2. The van der Waals surface area contributed by atoms with Gasteiger partial charge in [0.05, 0.1) is 22.5 Å². The van der Waals surface area contributed by atoms with Crippen molar-refractivity contribution < 1.29 is 9.59 Å². The van der Waals surface area contributed by atoms with Gasteiger partial charge in [0.2, 0.25) is 11.8 Å². The zero-order valence-electron chi connectivity index (χ0n) is 17.6. The monoisotopic (exact) mass is 528 g/mol. The number of aromatic nitrogens is 1. The van der Waals surface area contributed by atoms with E-state index in [2.05, 4.69) is 4.98 Å². The molecule has 1 saturated heterocycles. The minimum absolute atomic E-state index is 0.00546. The third kappa shape index (κ3) is 2.84. The first-order valence-electron chi connectivity index (χ1n) is 11.2. The largest absolute Gasteiger partial charge is 0.307 e. The van der Waals surface area contributed by atoms with Gasteiger partial charge in [-0.25, -0.2) is 0 Å². The summed E-state index contributed by atoms with van der Waals surface area (Å²) in [6, 6.07) is 14.7. The molecule has 2 aliphatic heterocycles. The third-order valence-electron chi connectivity index (χ3n) is 8.04. The Balaban J connectivity index is 1.32. The average molecular weight is 529 g/mol. The number of hydrogen-bond donors (Lipinski definition) is 1. The van der Waals surface area contributed by atoms with Crippen molar-refractivity contribution in [3.8, 4) is 0 Å². The van der Waals surface area contributed by atoms with Crippen LogP contribution in [0, 0.1) is 29.6 Å². The second-order valence-corrected chi connectivity index (χ2v) is 12.6. The summed E-state index contributed by atoms with van der Waals surface area (Å²) < 4.78 is 0. The van der Waals surface area contributed by atoms with Crippen LogP contribution in [0.5, 0.6) is 0 Å². The Hall–Kier alpha value is -2.06. The molecule has 0 radical (unpaired) electrons. The van der Waals surface area contributed by atoms with Gasteiger partial charge in [-0.3, -0.25) is 19.3 Å². The lowest BCUT2D eigenvalue weighted by Gasteiger charge is -2.43. The molecule has 1 N–H and O–H groups in total. The molecule has 3 fully saturated rings. The second kappa shape index (κ2) is 7.47. The van der Waals surface area contributed by atoms with Crippen LogP contribution >= 0.6 is 46.3 Å². The van der Waals surface area contributed by atoms with Crippen molar-refractivity contribution in [1.29, 1.82) is 0 Å². The maximum absolute atomic E-state index is 13.7. The van der Waals surface area contributed by atoms with E-state index in [0.29, 0.717) is 15.7 Å². The first kappa shape index (κ1) is 21.2. The summed E-state index contributed by atoms with van der Waals surface area (Å²) in [5, 5.41) is 2.31. The Kier molecular flexibility index (Phi) is 4.67. The van der Waals surface area contributed by atoms with Crippen molar-refractivity contribution in [3.05, 3.63) is 78.7 Å². The number of hydrogen-bond acceptors (Lipinski definition) is 5. The van der Waals surface area contributed by atoms with Gasteiger partial charge in [-0.05, 0) is 66.1 Å². The van der Waals surface area contributed by atoms with Gasteiger partial charge in [0.1, 0.15) is 0 Å². The molecule has 0 spiro atoms. The fraction of sp³-hybridized carbons (Fsp3) is 0.320. The molecule has 34 heavy (non-hydrogen) atoms. The maximum Gasteiger partial charge on any atom is 0.305 e. The number of thioether (sulfide) groups is 1. The molecule has 3 aromatic rings. The van der Waals surface area contributed by atoms with E-state index in [-0.39, 0.29) is 57.4 Å². The number of amides is 2. The van der Waals surface area contributed by atoms with Crippen LogP contribution in [0.15, 0.2) is 58.4 Å². The van der Waals surface area contributed by atoms with Gasteiger partial charge in [0, 0.05) is 26.1 Å². The standard InChI is InChI=1S/C25H18Cl2N2O3S2/c26-11-3-1-10(2-4-11)16-17-14-9-15(20(17)33-22-21(16)34-25(32)28-22)19-18(14)23(30)29(24(19)31)13-7-5-12(27)6-8-13/h1-8,14-20H,9H2,(H,28,32)/t14-,15+,16-,17+,18+,19+,20-/m1/s1. The zero-order chi connectivity index (χ0) is 23.3. The summed E-state index contributed by atoms with van der Waals surface area (Å²) in [5.41, 5.74) is 1.69. The Morgan fingerprint density at radius 3 is 2.15 bits per heavy atom. The highest BCUT2D eigenvalue weighted by atomic mass is 35.5. The molecule has 2 bridgehead atoms. The lowest BCUT2D eigenvalue weighted by molar-refractivity contribution is -0.123. The number of H-pyrrole nitrogens is 1. The summed E-state index contributed by atoms with van der Waals surface area (Å²) in [4.78, 5) is 44.9. The number of fused-ring (bicyclic) bond motifs is 9. The molecule has 1 aromatic heterocycles. The van der Waals surface area contributed by atoms with Crippen LogP contribution in [0.4, 0.5) is 5.69 Å². The van der Waals surface area contributed by atoms with E-state index in [1.807, 2.05) is 24.3 Å². The van der Waals surface area contributed by atoms with Crippen LogP contribution in [-0.2, 0) is 9.59 Å². The summed E-state index contributed by atoms with van der Waals surface area (Å²) in [7, 11) is 0. The number of imide groups is 1. The van der Waals surface area contributed by atoms with E-state index < -0.39 is 0 Å². The molecule has 9 heteroatoms. The SMILES string of the molecule is O=C1[C@H]2[C@@H]3C[C@@H]([C@@H]2C(=O)N1c1ccc(Cl)cc1)[C@H]1[C@@H](c2ccc(Cl)cc2)c2sc(=O)[nH]c2S[C@H]31. The third-order valence-corrected chi connectivity index (χ3v) is 11.1. The topological polar surface area (TPSA) is 70.2 Å². The molecule has 4 aliphatic rings. The highest BCUT2D eigenvalue weighted by molar-refractivity contribution is 8.00. The number of benzene rings is 2. The lowest BCUT2D eigenvalue weighted by Crippen LogP contribution is -2.42. The zero-order valence-corrected chi connectivity index (χ0v) is 20.8. The molecule has 2 aliphatic carbocycles. The molecule has 3 heterocycles. The van der Waals surface area contributed by atoms with Crippen molar-refractivity contribution in [2.75, 3.05) is 4.90 Å². The van der Waals surface area contributed by atoms with Crippen LogP contribution in [0.2, 0.25) is 10.0 Å². The minimum atomic E-state index is -0.318. The smallest absolute Gasteiger partial charge is 0.305 e. The molecular formula is C25H18Cl2N2O3S2. The van der Waals surface area contributed by atoms with Gasteiger partial charge >= 0.3 is 4.87 Å². The number of aromatic amines is 1. The fourth-order valence-electron chi connectivity index (χ4n) is 6.90. The highest BCUT2D eigenvalue weighted by Crippen LogP contribution is 2.68. The number of nitrogens with zero attached hydrogens (tertiary/aromatic N) is 1. The fourth-order valence-corrected chi connectivity index (χ4v) is 10.0. The molecule has 2 aromatic carbocycles.